The predicted molar refractivity (Wildman–Crippen MR) is 384 cm³/mol. The molecule has 0 radical (unpaired) electrons. The van der Waals surface area contributed by atoms with Gasteiger partial charge in [-0.25, -0.2) is 8.78 Å². The summed E-state index contributed by atoms with van der Waals surface area (Å²) in [5.74, 6) is -1.53. The number of carbonyl (C=O) groups is 1. The Morgan fingerprint density at radius 2 is 1.35 bits per heavy atom. The Hall–Kier alpha value is -3.39. The highest BCUT2D eigenvalue weighted by molar-refractivity contribution is 5.82. The summed E-state index contributed by atoms with van der Waals surface area (Å²) < 4.78 is 120. The Balaban J connectivity index is 1.10. The van der Waals surface area contributed by atoms with E-state index in [4.69, 9.17) is 4.74 Å². The van der Waals surface area contributed by atoms with Crippen LogP contribution < -0.4 is 16.0 Å². The number of hydrogen-bond donors (Lipinski definition) is 3. The molecule has 8 rings (SSSR count). The number of alkyl halides is 6. The fourth-order valence-corrected chi connectivity index (χ4v) is 17.1. The summed E-state index contributed by atoms with van der Waals surface area (Å²) in [4.78, 5) is 37.0. The standard InChI is InChI=1S/C77H128F8N12O2/c1-12-57(5)70-53-90(7)40-41-92(9)63-24-15-14-18-37-96(51-63)66(43-58-25-28-61(29-26-58)76(80,81)82)50-89(6)39-34-86-62(30-27-59-44-68(78)73(69(79)45-59)77(83,84)85)49-97-52-67(99-13-2)46-65(97)48-88-75(32-21-33-75)55-94(11)72(60-22-16-17-23-60)54-93(10)71(74(98)95-35-19-20-36-95)31-38-91(8)64(47-87-70)42-56(3)4/h14-15,25-26,28-29,44-45,56-57,60,62-67,70-72,86-88H,12-13,16-24,27,30-43,46-55H2,1-11H3/b15-14-/t57-,62-,63+,64-,65-,66-,67+,70+,71-,72+/m0/s1. The fraction of sp³-hybridized carbons (Fsp3) is 0.805. The van der Waals surface area contributed by atoms with Crippen molar-refractivity contribution in [2.45, 2.75) is 223 Å². The lowest BCUT2D eigenvalue weighted by Crippen LogP contribution is -2.62. The maximum atomic E-state index is 15.2. The minimum Gasteiger partial charge on any atom is -0.377 e. The quantitative estimate of drug-likeness (QED) is 0.131. The number of aryl methyl sites for hydroxylation is 1. The van der Waals surface area contributed by atoms with Gasteiger partial charge >= 0.3 is 12.4 Å². The van der Waals surface area contributed by atoms with Gasteiger partial charge in [0.15, 0.2) is 0 Å². The normalized spacial score (nSPS) is 30.2. The second-order valence-electron chi connectivity index (χ2n) is 31.7. The van der Waals surface area contributed by atoms with Gasteiger partial charge in [0.1, 0.15) is 17.2 Å². The first-order valence-corrected chi connectivity index (χ1v) is 38.3. The van der Waals surface area contributed by atoms with Crippen molar-refractivity contribution in [2.75, 3.05) is 160 Å². The number of likely N-dealkylation sites (N-methyl/N-ethyl adjacent to an activating group) is 6. The van der Waals surface area contributed by atoms with Gasteiger partial charge in [-0.1, -0.05) is 71.2 Å². The summed E-state index contributed by atoms with van der Waals surface area (Å²) in [7, 11) is 13.4. The summed E-state index contributed by atoms with van der Waals surface area (Å²) >= 11 is 0. The highest BCUT2D eigenvalue weighted by atomic mass is 19.4. The van der Waals surface area contributed by atoms with Crippen LogP contribution in [0.2, 0.25) is 0 Å². The third-order valence-electron chi connectivity index (χ3n) is 23.7. The van der Waals surface area contributed by atoms with E-state index >= 15 is 8.78 Å². The Morgan fingerprint density at radius 3 is 1.99 bits per heavy atom. The third-order valence-corrected chi connectivity index (χ3v) is 23.7. The number of halogens is 8. The fourth-order valence-electron chi connectivity index (χ4n) is 17.1. The molecule has 0 aromatic heterocycles. The topological polar surface area (TPSA) is 91.5 Å². The zero-order chi connectivity index (χ0) is 71.6. The van der Waals surface area contributed by atoms with Gasteiger partial charge in [-0.05, 0) is 199 Å². The smallest absolute Gasteiger partial charge is 0.377 e. The van der Waals surface area contributed by atoms with Gasteiger partial charge in [-0.3, -0.25) is 19.5 Å². The van der Waals surface area contributed by atoms with Gasteiger partial charge in [0, 0.05) is 166 Å². The number of likely N-dealkylation sites (tertiary alicyclic amines) is 1. The Bertz CT molecular complexity index is 2710. The lowest BCUT2D eigenvalue weighted by Gasteiger charge is -2.49. The van der Waals surface area contributed by atoms with Crippen LogP contribution in [0.3, 0.4) is 0 Å². The second kappa shape index (κ2) is 38.6. The van der Waals surface area contributed by atoms with Crippen molar-refractivity contribution in [1.82, 2.24) is 60.0 Å². The molecule has 11 atom stereocenters. The van der Waals surface area contributed by atoms with Crippen LogP contribution in [-0.4, -0.2) is 270 Å². The Labute approximate surface area is 591 Å². The van der Waals surface area contributed by atoms with E-state index in [1.165, 1.54) is 37.8 Å². The van der Waals surface area contributed by atoms with Gasteiger partial charge in [-0.2, -0.15) is 26.3 Å². The van der Waals surface area contributed by atoms with E-state index in [2.05, 4.69) is 142 Å². The molecule has 2 aromatic rings. The lowest BCUT2D eigenvalue weighted by molar-refractivity contribution is -0.142. The molecule has 14 nitrogen and oxygen atoms in total. The predicted octanol–water partition coefficient (Wildman–Crippen LogP) is 11.5. The molecule has 2 aliphatic carbocycles. The van der Waals surface area contributed by atoms with E-state index < -0.39 is 35.1 Å². The monoisotopic (exact) mass is 1410 g/mol. The summed E-state index contributed by atoms with van der Waals surface area (Å²) in [5.41, 5.74) is -1.69. The molecule has 1 unspecified atom stereocenters. The zero-order valence-electron chi connectivity index (χ0n) is 62.4. The van der Waals surface area contributed by atoms with Crippen molar-refractivity contribution in [3.8, 4) is 0 Å². The van der Waals surface area contributed by atoms with E-state index in [9.17, 15) is 31.1 Å². The maximum absolute atomic E-state index is 15.2. The molecular formula is C77H128F8N12O2. The van der Waals surface area contributed by atoms with Crippen LogP contribution in [0.25, 0.3) is 0 Å². The van der Waals surface area contributed by atoms with Gasteiger partial charge in [0.2, 0.25) is 5.91 Å². The minimum absolute atomic E-state index is 0.0212. The van der Waals surface area contributed by atoms with Crippen molar-refractivity contribution >= 4 is 5.91 Å². The molecule has 4 aliphatic heterocycles. The van der Waals surface area contributed by atoms with Gasteiger partial charge in [0.25, 0.3) is 0 Å². The van der Waals surface area contributed by atoms with Crippen molar-refractivity contribution in [2.24, 2.45) is 17.8 Å². The lowest BCUT2D eigenvalue weighted by atomic mass is 9.75. The van der Waals surface area contributed by atoms with Crippen molar-refractivity contribution in [3.05, 3.63) is 82.4 Å². The number of carbonyl (C=O) groups excluding carboxylic acids is 1. The number of amides is 1. The highest BCUT2D eigenvalue weighted by Crippen LogP contribution is 2.38. The van der Waals surface area contributed by atoms with Crippen LogP contribution >= 0.6 is 0 Å². The third kappa shape index (κ3) is 24.3. The van der Waals surface area contributed by atoms with Gasteiger partial charge in [0.05, 0.1) is 17.7 Å². The van der Waals surface area contributed by atoms with E-state index in [1.807, 2.05) is 6.92 Å². The molecule has 1 spiro atoms. The minimum atomic E-state index is -5.18. The van der Waals surface area contributed by atoms with Crippen molar-refractivity contribution in [1.29, 1.82) is 0 Å². The average molecular weight is 1410 g/mol. The molecule has 564 valence electrons. The first-order valence-electron chi connectivity index (χ1n) is 38.3. The van der Waals surface area contributed by atoms with Gasteiger partial charge < -0.3 is 50.1 Å². The molecule has 3 N–H and O–H groups in total. The van der Waals surface area contributed by atoms with Gasteiger partial charge in [-0.15, -0.1) is 0 Å². The number of ether oxygens (including phenoxy) is 1. The zero-order valence-corrected chi connectivity index (χ0v) is 62.4. The first kappa shape index (κ1) is 81.3. The molecule has 3 saturated heterocycles. The maximum Gasteiger partial charge on any atom is 0.422 e. The van der Waals surface area contributed by atoms with E-state index in [0.717, 1.165) is 167 Å². The summed E-state index contributed by atoms with van der Waals surface area (Å²) in [6.45, 7) is 24.7. The molecule has 2 bridgehead atoms. The van der Waals surface area contributed by atoms with E-state index in [1.54, 1.807) is 12.1 Å². The number of benzene rings is 2. The molecule has 4 heterocycles. The average Bonchev–Trinajstić information content (AvgIpc) is 1.68. The van der Waals surface area contributed by atoms with Crippen LogP contribution in [0.1, 0.15) is 160 Å². The number of nitrogens with zero attached hydrogens (tertiary/aromatic N) is 9. The number of nitrogens with one attached hydrogen (secondary N) is 3. The van der Waals surface area contributed by atoms with E-state index in [-0.39, 0.29) is 77.9 Å². The molecule has 2 aromatic carbocycles. The van der Waals surface area contributed by atoms with Crippen LogP contribution in [0.15, 0.2) is 48.6 Å². The molecule has 22 heteroatoms. The summed E-state index contributed by atoms with van der Waals surface area (Å²) in [6, 6.07) is 7.80. The van der Waals surface area contributed by atoms with Crippen LogP contribution in [0.5, 0.6) is 0 Å². The van der Waals surface area contributed by atoms with Crippen LogP contribution in [0.4, 0.5) is 35.1 Å². The molecule has 5 fully saturated rings. The summed E-state index contributed by atoms with van der Waals surface area (Å²) in [5, 5.41) is 12.2. The highest BCUT2D eigenvalue weighted by Gasteiger charge is 2.44. The number of fused-ring (bicyclic) bond motifs is 3. The molecule has 6 aliphatic rings. The molecule has 99 heavy (non-hydrogen) atoms. The SMILES string of the molecule is CCO[C@@H]1C[C@H]2CNC3(CCC3)CN(C)[C@@H](C3CCCC3)CN(C)[C@H](C(=O)N3CCCC3)CCN(C)[C@@H](CC(C)C)CN[C@@H]([C@@H](C)CC)CN(C)CCN(C)[C@@H]3C/C=C\CCN(C3)[C@@H](Cc3ccc(C(F)(F)F)cc3)CN(C)CCN[C@@H](CCc3cc(F)c(C(F)(F)F)c(F)c3)CN2C1. The molecule has 1 amide bonds. The largest absolute Gasteiger partial charge is 0.422 e. The first-order chi connectivity index (χ1) is 47.1. The summed E-state index contributed by atoms with van der Waals surface area (Å²) in [6.07, 6.45) is 11.4. The number of rotatable bonds is 13. The Morgan fingerprint density at radius 1 is 0.657 bits per heavy atom. The number of hydrogen-bond acceptors (Lipinski definition) is 13. The second-order valence-corrected chi connectivity index (χ2v) is 31.7. The molecular weight excluding hydrogens is 1280 g/mol. The van der Waals surface area contributed by atoms with E-state index in [0.29, 0.717) is 69.9 Å². The Kier molecular flexibility index (Phi) is 31.7. The van der Waals surface area contributed by atoms with Crippen molar-refractivity contribution < 1.29 is 44.7 Å². The molecule has 2 saturated carbocycles. The van der Waals surface area contributed by atoms with Crippen molar-refractivity contribution in [3.63, 3.8) is 0 Å². The van der Waals surface area contributed by atoms with Crippen LogP contribution in [-0.2, 0) is 34.7 Å². The van der Waals surface area contributed by atoms with Crippen LogP contribution in [0, 0.1) is 29.4 Å².